The molecule has 0 aliphatic heterocycles. The quantitative estimate of drug-likeness (QED) is 0.742. The molecule has 1 aromatic carbocycles. The van der Waals surface area contributed by atoms with Gasteiger partial charge in [0.25, 0.3) is 0 Å². The summed E-state index contributed by atoms with van der Waals surface area (Å²) >= 11 is 5.98. The van der Waals surface area contributed by atoms with Gasteiger partial charge in [0.2, 0.25) is 0 Å². The summed E-state index contributed by atoms with van der Waals surface area (Å²) in [5.74, 6) is -0.514. The number of aromatic amines is 1. The van der Waals surface area contributed by atoms with Crippen molar-refractivity contribution < 1.29 is 14.3 Å². The minimum absolute atomic E-state index is 0.0252. The van der Waals surface area contributed by atoms with Crippen molar-refractivity contribution >= 4 is 29.3 Å². The molecule has 7 nitrogen and oxygen atoms in total. The fourth-order valence-electron chi connectivity index (χ4n) is 2.78. The number of amides is 2. The van der Waals surface area contributed by atoms with Crippen LogP contribution in [0.1, 0.15) is 28.0 Å². The van der Waals surface area contributed by atoms with Crippen LogP contribution in [-0.4, -0.2) is 35.3 Å². The third kappa shape index (κ3) is 3.68. The zero-order valence-corrected chi connectivity index (χ0v) is 13.8. The highest BCUT2D eigenvalue weighted by Gasteiger charge is 2.21. The van der Waals surface area contributed by atoms with Gasteiger partial charge in [0, 0.05) is 28.9 Å². The molecular formula is C16H17ClN4O3. The second-order valence-electron chi connectivity index (χ2n) is 5.63. The Morgan fingerprint density at radius 3 is 3.00 bits per heavy atom. The summed E-state index contributed by atoms with van der Waals surface area (Å²) in [5, 5.41) is 12.9. The maximum atomic E-state index is 12.2. The molecule has 0 bridgehead atoms. The molecule has 1 atom stereocenters. The van der Waals surface area contributed by atoms with Gasteiger partial charge in [-0.15, -0.1) is 0 Å². The number of fused-ring (bicyclic) bond motifs is 1. The summed E-state index contributed by atoms with van der Waals surface area (Å²) < 4.78 is 4.66. The van der Waals surface area contributed by atoms with Crippen molar-refractivity contribution in [3.63, 3.8) is 0 Å². The zero-order chi connectivity index (χ0) is 17.1. The summed E-state index contributed by atoms with van der Waals surface area (Å²) in [6.07, 6.45) is 4.26. The summed E-state index contributed by atoms with van der Waals surface area (Å²) in [7, 11) is 1.29. The highest BCUT2D eigenvalue weighted by molar-refractivity contribution is 6.31. The average molecular weight is 349 g/mol. The lowest BCUT2D eigenvalue weighted by Gasteiger charge is -2.23. The van der Waals surface area contributed by atoms with Crippen molar-refractivity contribution in [2.75, 3.05) is 12.4 Å². The largest absolute Gasteiger partial charge is 0.465 e. The van der Waals surface area contributed by atoms with Crippen molar-refractivity contribution in [3.05, 3.63) is 46.2 Å². The number of carbonyl (C=O) groups is 2. The first kappa shape index (κ1) is 16.3. The number of nitrogens with one attached hydrogen (secondary N) is 3. The van der Waals surface area contributed by atoms with Gasteiger partial charge >= 0.3 is 12.0 Å². The van der Waals surface area contributed by atoms with E-state index in [0.29, 0.717) is 17.1 Å². The number of carbonyl (C=O) groups excluding carboxylic acids is 2. The van der Waals surface area contributed by atoms with E-state index in [2.05, 4.69) is 25.6 Å². The smallest absolute Gasteiger partial charge is 0.337 e. The molecule has 1 aliphatic carbocycles. The third-order valence-corrected chi connectivity index (χ3v) is 4.15. The van der Waals surface area contributed by atoms with Gasteiger partial charge < -0.3 is 15.4 Å². The number of nitrogens with zero attached hydrogens (tertiary/aromatic N) is 1. The second-order valence-corrected chi connectivity index (χ2v) is 6.07. The van der Waals surface area contributed by atoms with Crippen LogP contribution in [-0.2, 0) is 17.6 Å². The summed E-state index contributed by atoms with van der Waals surface area (Å²) in [6.45, 7) is 0. The average Bonchev–Trinajstić information content (AvgIpc) is 3.01. The van der Waals surface area contributed by atoms with E-state index in [-0.39, 0.29) is 17.6 Å². The molecule has 2 aromatic rings. The second kappa shape index (κ2) is 6.92. The van der Waals surface area contributed by atoms with Crippen LogP contribution in [0.2, 0.25) is 5.02 Å². The lowest BCUT2D eigenvalue weighted by molar-refractivity contribution is 0.0600. The summed E-state index contributed by atoms with van der Waals surface area (Å²) in [6, 6.07) is 4.25. The van der Waals surface area contributed by atoms with Gasteiger partial charge in [-0.1, -0.05) is 11.6 Å². The summed E-state index contributed by atoms with van der Waals surface area (Å²) in [5.41, 5.74) is 2.96. The number of ether oxygens (including phenoxy) is 1. The van der Waals surface area contributed by atoms with E-state index in [1.165, 1.54) is 24.8 Å². The maximum Gasteiger partial charge on any atom is 0.337 e. The predicted octanol–water partition coefficient (Wildman–Crippen LogP) is 2.53. The molecule has 0 radical (unpaired) electrons. The summed E-state index contributed by atoms with van der Waals surface area (Å²) in [4.78, 5) is 23.8. The van der Waals surface area contributed by atoms with E-state index >= 15 is 0 Å². The molecule has 0 spiro atoms. The molecule has 2 amide bonds. The van der Waals surface area contributed by atoms with Crippen LogP contribution in [0.4, 0.5) is 10.5 Å². The first-order chi connectivity index (χ1) is 11.5. The number of esters is 1. The molecule has 8 heteroatoms. The van der Waals surface area contributed by atoms with Gasteiger partial charge in [0.1, 0.15) is 0 Å². The van der Waals surface area contributed by atoms with Crippen molar-refractivity contribution in [1.82, 2.24) is 15.5 Å². The minimum Gasteiger partial charge on any atom is -0.465 e. The molecule has 1 unspecified atom stereocenters. The van der Waals surface area contributed by atoms with E-state index in [9.17, 15) is 9.59 Å². The van der Waals surface area contributed by atoms with Crippen LogP contribution in [0.3, 0.4) is 0 Å². The number of benzene rings is 1. The molecule has 3 N–H and O–H groups in total. The van der Waals surface area contributed by atoms with E-state index in [1.54, 1.807) is 6.07 Å². The van der Waals surface area contributed by atoms with Gasteiger partial charge in [-0.05, 0) is 36.6 Å². The lowest BCUT2D eigenvalue weighted by atomic mass is 9.94. The standard InChI is InChI=1S/C16H17ClN4O3/c1-24-15(22)10-4-11(17)6-13(5-10)20-16(23)19-12-3-2-9-8-18-21-14(9)7-12/h4-6,8,12H,2-3,7H2,1H3,(H,18,21)(H2,19,20,23). The van der Waals surface area contributed by atoms with E-state index in [4.69, 9.17) is 11.6 Å². The molecule has 1 aromatic heterocycles. The first-order valence-electron chi connectivity index (χ1n) is 7.52. The van der Waals surface area contributed by atoms with Crippen molar-refractivity contribution in [2.24, 2.45) is 0 Å². The monoisotopic (exact) mass is 348 g/mol. The Morgan fingerprint density at radius 1 is 1.38 bits per heavy atom. The number of hydrogen-bond acceptors (Lipinski definition) is 4. The molecular weight excluding hydrogens is 332 g/mol. The van der Waals surface area contributed by atoms with Gasteiger partial charge in [0.05, 0.1) is 18.9 Å². The Morgan fingerprint density at radius 2 is 2.21 bits per heavy atom. The van der Waals surface area contributed by atoms with Gasteiger partial charge in [-0.25, -0.2) is 9.59 Å². The third-order valence-electron chi connectivity index (χ3n) is 3.93. The Bertz CT molecular complexity index is 774. The number of rotatable bonds is 3. The number of anilines is 1. The topological polar surface area (TPSA) is 96.1 Å². The van der Waals surface area contributed by atoms with E-state index < -0.39 is 5.97 Å². The lowest BCUT2D eigenvalue weighted by Crippen LogP contribution is -2.41. The molecule has 24 heavy (non-hydrogen) atoms. The molecule has 0 saturated carbocycles. The van der Waals surface area contributed by atoms with Crippen LogP contribution in [0.5, 0.6) is 0 Å². The SMILES string of the molecule is COC(=O)c1cc(Cl)cc(NC(=O)NC2CCc3cn[nH]c3C2)c1. The number of H-pyrrole nitrogens is 1. The Kier molecular flexibility index (Phi) is 4.71. The highest BCUT2D eigenvalue weighted by atomic mass is 35.5. The number of halogens is 1. The molecule has 3 rings (SSSR count). The van der Waals surface area contributed by atoms with Crippen molar-refractivity contribution in [1.29, 1.82) is 0 Å². The van der Waals surface area contributed by atoms with Crippen molar-refractivity contribution in [2.45, 2.75) is 25.3 Å². The Labute approximate surface area is 143 Å². The molecule has 1 aliphatic rings. The van der Waals surface area contributed by atoms with Crippen LogP contribution < -0.4 is 10.6 Å². The highest BCUT2D eigenvalue weighted by Crippen LogP contribution is 2.21. The molecule has 1 heterocycles. The molecule has 0 fully saturated rings. The van der Waals surface area contributed by atoms with E-state index in [0.717, 1.165) is 18.5 Å². The van der Waals surface area contributed by atoms with E-state index in [1.807, 2.05) is 6.20 Å². The van der Waals surface area contributed by atoms with Crippen LogP contribution in [0.15, 0.2) is 24.4 Å². The van der Waals surface area contributed by atoms with Crippen LogP contribution >= 0.6 is 11.6 Å². The zero-order valence-electron chi connectivity index (χ0n) is 13.1. The van der Waals surface area contributed by atoms with Crippen LogP contribution in [0.25, 0.3) is 0 Å². The first-order valence-corrected chi connectivity index (χ1v) is 7.90. The molecule has 0 saturated heterocycles. The maximum absolute atomic E-state index is 12.2. The van der Waals surface area contributed by atoms with Gasteiger partial charge in [-0.3, -0.25) is 5.10 Å². The number of aromatic nitrogens is 2. The normalized spacial score (nSPS) is 16.2. The fourth-order valence-corrected chi connectivity index (χ4v) is 3.02. The Hall–Kier alpha value is -2.54. The molecule has 126 valence electrons. The van der Waals surface area contributed by atoms with Crippen molar-refractivity contribution in [3.8, 4) is 0 Å². The number of aryl methyl sites for hydroxylation is 1. The number of urea groups is 1. The Balaban J connectivity index is 1.63. The number of hydrogen-bond donors (Lipinski definition) is 3. The van der Waals surface area contributed by atoms with Crippen LogP contribution in [0, 0.1) is 0 Å². The predicted molar refractivity (Wildman–Crippen MR) is 89.3 cm³/mol. The number of methoxy groups -OCH3 is 1. The fraction of sp³-hybridized carbons (Fsp3) is 0.312. The van der Waals surface area contributed by atoms with Gasteiger partial charge in [-0.2, -0.15) is 5.10 Å². The minimum atomic E-state index is -0.514. The van der Waals surface area contributed by atoms with Gasteiger partial charge in [0.15, 0.2) is 0 Å².